The van der Waals surface area contributed by atoms with Crippen molar-refractivity contribution < 1.29 is 4.79 Å². The van der Waals surface area contributed by atoms with Crippen LogP contribution in [0.2, 0.25) is 0 Å². The number of fused-ring (bicyclic) bond motifs is 1. The van der Waals surface area contributed by atoms with Gasteiger partial charge in [0.05, 0.1) is 16.8 Å². The molecule has 104 valence electrons. The smallest absolute Gasteiger partial charge is 0.284 e. The van der Waals surface area contributed by atoms with Crippen molar-refractivity contribution in [3.8, 4) is 5.69 Å². The topological polar surface area (TPSA) is 117 Å². The first kappa shape index (κ1) is 12.8. The Hall–Kier alpha value is -3.22. The highest BCUT2D eigenvalue weighted by Gasteiger charge is 2.13. The molecule has 0 radical (unpaired) electrons. The van der Waals surface area contributed by atoms with Gasteiger partial charge in [-0.2, -0.15) is 0 Å². The molecule has 1 amide bonds. The molecule has 0 saturated carbocycles. The molecule has 0 aliphatic heterocycles. The van der Waals surface area contributed by atoms with Crippen molar-refractivity contribution in [1.82, 2.24) is 14.5 Å². The van der Waals surface area contributed by atoms with E-state index >= 15 is 0 Å². The first-order valence-corrected chi connectivity index (χ1v) is 6.11. The minimum atomic E-state index is -0.712. The Bertz CT molecular complexity index is 902. The number of hydrogen-bond donors (Lipinski definition) is 2. The zero-order chi connectivity index (χ0) is 15.0. The predicted molar refractivity (Wildman–Crippen MR) is 78.1 cm³/mol. The van der Waals surface area contributed by atoms with E-state index in [1.54, 1.807) is 12.1 Å². The molecule has 0 fully saturated rings. The number of carbonyl (C=O) groups excluding carboxylic acids is 1. The minimum Gasteiger partial charge on any atom is -0.383 e. The van der Waals surface area contributed by atoms with Gasteiger partial charge in [-0.25, -0.2) is 9.97 Å². The van der Waals surface area contributed by atoms with Crippen LogP contribution < -0.4 is 17.0 Å². The van der Waals surface area contributed by atoms with Crippen molar-refractivity contribution in [2.24, 2.45) is 5.73 Å². The lowest BCUT2D eigenvalue weighted by Crippen LogP contribution is -2.22. The minimum absolute atomic E-state index is 0.0480. The molecule has 4 N–H and O–H groups in total. The van der Waals surface area contributed by atoms with Crippen LogP contribution in [0.15, 0.2) is 47.5 Å². The molecule has 1 aromatic carbocycles. The van der Waals surface area contributed by atoms with Crippen LogP contribution in [0.25, 0.3) is 16.7 Å². The van der Waals surface area contributed by atoms with E-state index in [-0.39, 0.29) is 28.0 Å². The Morgan fingerprint density at radius 3 is 2.57 bits per heavy atom. The molecule has 7 heteroatoms. The summed E-state index contributed by atoms with van der Waals surface area (Å²) in [7, 11) is 0. The third kappa shape index (κ3) is 2.10. The van der Waals surface area contributed by atoms with Gasteiger partial charge in [-0.3, -0.25) is 14.2 Å². The van der Waals surface area contributed by atoms with E-state index in [9.17, 15) is 9.59 Å². The fourth-order valence-electron chi connectivity index (χ4n) is 2.03. The fraction of sp³-hybridized carbons (Fsp3) is 0. The van der Waals surface area contributed by atoms with E-state index in [2.05, 4.69) is 9.97 Å². The van der Waals surface area contributed by atoms with Crippen LogP contribution in [0.1, 0.15) is 10.4 Å². The number of nitrogens with zero attached hydrogens (tertiary/aromatic N) is 3. The number of pyridine rings is 1. The van der Waals surface area contributed by atoms with Gasteiger partial charge in [0.1, 0.15) is 12.1 Å². The van der Waals surface area contributed by atoms with Crippen molar-refractivity contribution in [3.05, 3.63) is 58.6 Å². The number of nitrogens with two attached hydrogens (primary N) is 2. The van der Waals surface area contributed by atoms with Gasteiger partial charge in [0.15, 0.2) is 5.52 Å². The Morgan fingerprint density at radius 2 is 1.90 bits per heavy atom. The molecule has 21 heavy (non-hydrogen) atoms. The summed E-state index contributed by atoms with van der Waals surface area (Å²) in [5.74, 6) is -0.796. The van der Waals surface area contributed by atoms with Gasteiger partial charge >= 0.3 is 0 Å². The lowest BCUT2D eigenvalue weighted by Gasteiger charge is -2.07. The van der Waals surface area contributed by atoms with Crippen LogP contribution in [0.3, 0.4) is 0 Å². The monoisotopic (exact) mass is 281 g/mol. The second kappa shape index (κ2) is 4.71. The van der Waals surface area contributed by atoms with Crippen LogP contribution in [0.4, 0.5) is 5.82 Å². The van der Waals surface area contributed by atoms with E-state index in [0.29, 0.717) is 5.69 Å². The third-order valence-electron chi connectivity index (χ3n) is 3.07. The summed E-state index contributed by atoms with van der Waals surface area (Å²) in [5, 5.41) is 0. The van der Waals surface area contributed by atoms with Crippen LogP contribution in [0, 0.1) is 0 Å². The van der Waals surface area contributed by atoms with Gasteiger partial charge in [-0.1, -0.05) is 18.2 Å². The Balaban J connectivity index is 2.30. The molecule has 7 nitrogen and oxygen atoms in total. The van der Waals surface area contributed by atoms with Crippen molar-refractivity contribution in [3.63, 3.8) is 0 Å². The number of anilines is 1. The number of hydrogen-bond acceptors (Lipinski definition) is 5. The zero-order valence-corrected chi connectivity index (χ0v) is 10.9. The second-order valence-electron chi connectivity index (χ2n) is 4.41. The SMILES string of the molecule is NC(=O)c1cc2ncn(-c3ccccc3)c(=O)c2nc1N. The van der Waals surface area contributed by atoms with E-state index in [0.717, 1.165) is 0 Å². The molecule has 2 heterocycles. The molecule has 3 rings (SSSR count). The average molecular weight is 281 g/mol. The van der Waals surface area contributed by atoms with Crippen molar-refractivity contribution >= 4 is 22.8 Å². The molecule has 2 aromatic heterocycles. The molecule has 0 aliphatic rings. The molecule has 0 aliphatic carbocycles. The molecule has 0 unspecified atom stereocenters. The van der Waals surface area contributed by atoms with Crippen LogP contribution in [-0.2, 0) is 0 Å². The van der Waals surface area contributed by atoms with Gasteiger partial charge in [-0.15, -0.1) is 0 Å². The van der Waals surface area contributed by atoms with Gasteiger partial charge in [0.2, 0.25) is 0 Å². The number of nitrogen functional groups attached to an aromatic ring is 1. The van der Waals surface area contributed by atoms with Crippen molar-refractivity contribution in [2.45, 2.75) is 0 Å². The quantitative estimate of drug-likeness (QED) is 0.707. The highest BCUT2D eigenvalue weighted by atomic mass is 16.1. The summed E-state index contributed by atoms with van der Waals surface area (Å²) in [6, 6.07) is 10.4. The average Bonchev–Trinajstić information content (AvgIpc) is 2.48. The number of benzene rings is 1. The van der Waals surface area contributed by atoms with Gasteiger partial charge in [0, 0.05) is 0 Å². The number of carbonyl (C=O) groups is 1. The molecular weight excluding hydrogens is 270 g/mol. The fourth-order valence-corrected chi connectivity index (χ4v) is 2.03. The van der Waals surface area contributed by atoms with E-state index < -0.39 is 5.91 Å². The first-order valence-electron chi connectivity index (χ1n) is 6.11. The lowest BCUT2D eigenvalue weighted by molar-refractivity contribution is 0.100. The maximum Gasteiger partial charge on any atom is 0.284 e. The van der Waals surface area contributed by atoms with Gasteiger partial charge < -0.3 is 11.5 Å². The van der Waals surface area contributed by atoms with Crippen molar-refractivity contribution in [2.75, 3.05) is 5.73 Å². The summed E-state index contributed by atoms with van der Waals surface area (Å²) in [6.45, 7) is 0. The van der Waals surface area contributed by atoms with Gasteiger partial charge in [-0.05, 0) is 18.2 Å². The lowest BCUT2D eigenvalue weighted by atomic mass is 10.2. The Morgan fingerprint density at radius 1 is 1.19 bits per heavy atom. The number of primary amides is 1. The maximum absolute atomic E-state index is 12.5. The first-order chi connectivity index (χ1) is 10.1. The van der Waals surface area contributed by atoms with E-state index in [1.165, 1.54) is 17.0 Å². The number of para-hydroxylation sites is 1. The van der Waals surface area contributed by atoms with E-state index in [1.807, 2.05) is 18.2 Å². The zero-order valence-electron chi connectivity index (χ0n) is 10.9. The molecular formula is C14H11N5O2. The molecule has 0 atom stereocenters. The molecule has 3 aromatic rings. The Labute approximate surface area is 118 Å². The number of rotatable bonds is 2. The highest BCUT2D eigenvalue weighted by Crippen LogP contribution is 2.14. The third-order valence-corrected chi connectivity index (χ3v) is 3.07. The second-order valence-corrected chi connectivity index (χ2v) is 4.41. The summed E-state index contributed by atoms with van der Waals surface area (Å²) < 4.78 is 1.36. The summed E-state index contributed by atoms with van der Waals surface area (Å²) in [6.07, 6.45) is 1.38. The molecule has 0 spiro atoms. The maximum atomic E-state index is 12.5. The number of amides is 1. The molecule has 0 bridgehead atoms. The van der Waals surface area contributed by atoms with Crippen molar-refractivity contribution in [1.29, 1.82) is 0 Å². The summed E-state index contributed by atoms with van der Waals surface area (Å²) >= 11 is 0. The van der Waals surface area contributed by atoms with Crippen LogP contribution in [0.5, 0.6) is 0 Å². The highest BCUT2D eigenvalue weighted by molar-refractivity contribution is 6.00. The predicted octanol–water partition coefficient (Wildman–Crippen LogP) is 0.462. The standard InChI is InChI=1S/C14H11N5O2/c15-12-9(13(16)20)6-10-11(18-12)14(21)19(7-17-10)8-4-2-1-3-5-8/h1-7H,(H2,15,18)(H2,16,20). The summed E-state index contributed by atoms with van der Waals surface area (Å²) in [4.78, 5) is 31.8. The van der Waals surface area contributed by atoms with Crippen LogP contribution in [-0.4, -0.2) is 20.4 Å². The normalized spacial score (nSPS) is 10.7. The Kier molecular flexibility index (Phi) is 2.87. The van der Waals surface area contributed by atoms with Crippen LogP contribution >= 0.6 is 0 Å². The molecule has 0 saturated heterocycles. The van der Waals surface area contributed by atoms with Gasteiger partial charge in [0.25, 0.3) is 11.5 Å². The number of aromatic nitrogens is 3. The largest absolute Gasteiger partial charge is 0.383 e. The van der Waals surface area contributed by atoms with E-state index in [4.69, 9.17) is 11.5 Å². The summed E-state index contributed by atoms with van der Waals surface area (Å²) in [5.41, 5.74) is 11.6.